The van der Waals surface area contributed by atoms with E-state index in [9.17, 15) is 0 Å². The molecule has 1 heterocycles. The Morgan fingerprint density at radius 1 is 1.75 bits per heavy atom. The van der Waals surface area contributed by atoms with Crippen LogP contribution < -0.4 is 4.57 Å². The average Bonchev–Trinajstić information content (AvgIpc) is 1.64. The van der Waals surface area contributed by atoms with Gasteiger partial charge in [-0.1, -0.05) is 16.6 Å². The zero-order valence-electron chi connectivity index (χ0n) is 4.50. The summed E-state index contributed by atoms with van der Waals surface area (Å²) in [4.78, 5) is 3.81. The first-order valence-electron chi connectivity index (χ1n) is 2.25. The molecular formula is C5H6ClN2+. The van der Waals surface area contributed by atoms with Gasteiger partial charge in [0.2, 0.25) is 0 Å². The normalized spacial score (nSPS) is 9.25. The molecule has 1 aromatic rings. The SMILES string of the molecule is C[n+]1cncc(Cl)c1. The monoisotopic (exact) mass is 129 g/mol. The van der Waals surface area contributed by atoms with Gasteiger partial charge in [0.15, 0.2) is 6.20 Å². The molecule has 0 aliphatic heterocycles. The molecule has 0 spiro atoms. The van der Waals surface area contributed by atoms with E-state index in [0.717, 1.165) is 0 Å². The van der Waals surface area contributed by atoms with Gasteiger partial charge in [-0.15, -0.1) is 0 Å². The highest BCUT2D eigenvalue weighted by molar-refractivity contribution is 6.30. The molecule has 1 aromatic heterocycles. The zero-order chi connectivity index (χ0) is 5.98. The molecule has 0 amide bonds. The first kappa shape index (κ1) is 5.51. The van der Waals surface area contributed by atoms with Crippen LogP contribution in [0.15, 0.2) is 18.7 Å². The summed E-state index contributed by atoms with van der Waals surface area (Å²) in [7, 11) is 1.87. The van der Waals surface area contributed by atoms with Crippen LogP contribution in [0.4, 0.5) is 0 Å². The Morgan fingerprint density at radius 2 is 2.50 bits per heavy atom. The van der Waals surface area contributed by atoms with E-state index in [2.05, 4.69) is 4.98 Å². The van der Waals surface area contributed by atoms with E-state index in [1.54, 1.807) is 23.3 Å². The number of aryl methyl sites for hydroxylation is 1. The number of aromatic nitrogens is 2. The van der Waals surface area contributed by atoms with Gasteiger partial charge in [0.05, 0.1) is 7.05 Å². The predicted molar refractivity (Wildman–Crippen MR) is 30.4 cm³/mol. The zero-order valence-corrected chi connectivity index (χ0v) is 5.26. The third kappa shape index (κ3) is 1.17. The lowest BCUT2D eigenvalue weighted by Gasteiger charge is -1.83. The summed E-state index contributed by atoms with van der Waals surface area (Å²) in [6.07, 6.45) is 5.07. The van der Waals surface area contributed by atoms with E-state index in [4.69, 9.17) is 11.6 Å². The van der Waals surface area contributed by atoms with Crippen molar-refractivity contribution in [3.63, 3.8) is 0 Å². The first-order chi connectivity index (χ1) is 3.79. The van der Waals surface area contributed by atoms with Crippen LogP contribution in [-0.2, 0) is 7.05 Å². The van der Waals surface area contributed by atoms with E-state index >= 15 is 0 Å². The van der Waals surface area contributed by atoms with Crippen LogP contribution in [0, 0.1) is 0 Å². The van der Waals surface area contributed by atoms with E-state index in [1.807, 2.05) is 7.05 Å². The van der Waals surface area contributed by atoms with Crippen LogP contribution in [-0.4, -0.2) is 4.98 Å². The molecule has 0 radical (unpaired) electrons. The highest BCUT2D eigenvalue weighted by Gasteiger charge is 1.91. The minimum Gasteiger partial charge on any atom is -0.238 e. The molecule has 2 nitrogen and oxygen atoms in total. The number of hydrogen-bond donors (Lipinski definition) is 0. The Hall–Kier alpha value is -0.630. The molecule has 0 aliphatic rings. The highest BCUT2D eigenvalue weighted by atomic mass is 35.5. The second kappa shape index (κ2) is 2.09. The van der Waals surface area contributed by atoms with Crippen molar-refractivity contribution >= 4 is 11.6 Å². The van der Waals surface area contributed by atoms with Crippen LogP contribution >= 0.6 is 11.6 Å². The topological polar surface area (TPSA) is 16.8 Å². The molecule has 0 saturated heterocycles. The highest BCUT2D eigenvalue weighted by Crippen LogP contribution is 1.97. The lowest BCUT2D eigenvalue weighted by Crippen LogP contribution is -2.26. The van der Waals surface area contributed by atoms with Crippen molar-refractivity contribution in [2.24, 2.45) is 7.05 Å². The van der Waals surface area contributed by atoms with Crippen molar-refractivity contribution in [1.82, 2.24) is 4.98 Å². The first-order valence-corrected chi connectivity index (χ1v) is 2.62. The summed E-state index contributed by atoms with van der Waals surface area (Å²) in [5.74, 6) is 0. The summed E-state index contributed by atoms with van der Waals surface area (Å²) in [5, 5.41) is 0.662. The van der Waals surface area contributed by atoms with E-state index in [-0.39, 0.29) is 0 Å². The molecule has 0 aliphatic carbocycles. The van der Waals surface area contributed by atoms with Gasteiger partial charge < -0.3 is 0 Å². The van der Waals surface area contributed by atoms with Gasteiger partial charge in [0.25, 0.3) is 6.33 Å². The third-order valence-corrected chi connectivity index (χ3v) is 0.969. The molecule has 8 heavy (non-hydrogen) atoms. The van der Waals surface area contributed by atoms with Crippen LogP contribution in [0.3, 0.4) is 0 Å². The maximum absolute atomic E-state index is 5.56. The summed E-state index contributed by atoms with van der Waals surface area (Å²) in [5.41, 5.74) is 0. The van der Waals surface area contributed by atoms with E-state index < -0.39 is 0 Å². The van der Waals surface area contributed by atoms with Gasteiger partial charge in [-0.3, -0.25) is 0 Å². The van der Waals surface area contributed by atoms with Crippen molar-refractivity contribution in [3.8, 4) is 0 Å². The number of nitrogens with zero attached hydrogens (tertiary/aromatic N) is 2. The predicted octanol–water partition coefficient (Wildman–Crippen LogP) is 0.559. The van der Waals surface area contributed by atoms with Gasteiger partial charge in [0.1, 0.15) is 11.2 Å². The Labute approximate surface area is 52.7 Å². The third-order valence-electron chi connectivity index (χ3n) is 0.774. The molecule has 0 saturated carbocycles. The van der Waals surface area contributed by atoms with Crippen LogP contribution in [0.2, 0.25) is 5.02 Å². The van der Waals surface area contributed by atoms with Crippen molar-refractivity contribution in [3.05, 3.63) is 23.7 Å². The maximum atomic E-state index is 5.56. The minimum absolute atomic E-state index is 0.662. The van der Waals surface area contributed by atoms with Crippen LogP contribution in [0.1, 0.15) is 0 Å². The molecule has 42 valence electrons. The summed E-state index contributed by atoms with van der Waals surface area (Å²) in [6, 6.07) is 0. The van der Waals surface area contributed by atoms with Gasteiger partial charge in [-0.2, -0.15) is 0 Å². The molecule has 1 rings (SSSR count). The fourth-order valence-corrected chi connectivity index (χ4v) is 0.681. The van der Waals surface area contributed by atoms with Crippen molar-refractivity contribution in [2.75, 3.05) is 0 Å². The van der Waals surface area contributed by atoms with Gasteiger partial charge >= 0.3 is 0 Å². The maximum Gasteiger partial charge on any atom is 0.285 e. The molecule has 0 bridgehead atoms. The van der Waals surface area contributed by atoms with Crippen LogP contribution in [0.25, 0.3) is 0 Å². The van der Waals surface area contributed by atoms with Crippen molar-refractivity contribution in [1.29, 1.82) is 0 Å². The summed E-state index contributed by atoms with van der Waals surface area (Å²) >= 11 is 5.56. The number of rotatable bonds is 0. The van der Waals surface area contributed by atoms with E-state index in [1.165, 1.54) is 0 Å². The Bertz CT molecular complexity index is 170. The Balaban J connectivity index is 3.08. The van der Waals surface area contributed by atoms with E-state index in [0.29, 0.717) is 5.02 Å². The fraction of sp³-hybridized carbons (Fsp3) is 0.200. The molecular weight excluding hydrogens is 124 g/mol. The molecule has 0 unspecified atom stereocenters. The lowest BCUT2D eigenvalue weighted by atomic mass is 10.7. The van der Waals surface area contributed by atoms with Gasteiger partial charge in [0, 0.05) is 0 Å². The average molecular weight is 130 g/mol. The molecule has 3 heteroatoms. The fourth-order valence-electron chi connectivity index (χ4n) is 0.471. The second-order valence-corrected chi connectivity index (χ2v) is 2.01. The number of halogens is 1. The smallest absolute Gasteiger partial charge is 0.238 e. The van der Waals surface area contributed by atoms with Crippen molar-refractivity contribution in [2.45, 2.75) is 0 Å². The lowest BCUT2D eigenvalue weighted by molar-refractivity contribution is -0.674. The van der Waals surface area contributed by atoms with Gasteiger partial charge in [-0.05, 0) is 0 Å². The largest absolute Gasteiger partial charge is 0.285 e. The Morgan fingerprint density at radius 3 is 2.88 bits per heavy atom. The standard InChI is InChI=1S/C5H6ClN2/c1-8-3-5(6)2-7-4-8/h2-4H,1H3/q+1. The molecule has 0 N–H and O–H groups in total. The van der Waals surface area contributed by atoms with Crippen LogP contribution in [0.5, 0.6) is 0 Å². The molecule has 0 aromatic carbocycles. The molecule has 0 fully saturated rings. The summed E-state index contributed by atoms with van der Waals surface area (Å²) < 4.78 is 1.79. The van der Waals surface area contributed by atoms with Gasteiger partial charge in [-0.25, -0.2) is 4.57 Å². The summed E-state index contributed by atoms with van der Waals surface area (Å²) in [6.45, 7) is 0. The number of hydrogen-bond acceptors (Lipinski definition) is 1. The second-order valence-electron chi connectivity index (χ2n) is 1.57. The molecule has 0 atom stereocenters. The Kier molecular flexibility index (Phi) is 1.44. The quantitative estimate of drug-likeness (QED) is 0.468. The van der Waals surface area contributed by atoms with Crippen molar-refractivity contribution < 1.29 is 4.57 Å². The minimum atomic E-state index is 0.662.